The minimum atomic E-state index is -0.383. The van der Waals surface area contributed by atoms with Crippen molar-refractivity contribution in [3.05, 3.63) is 72.6 Å². The van der Waals surface area contributed by atoms with Crippen LogP contribution >= 0.6 is 11.8 Å². The van der Waals surface area contributed by atoms with Gasteiger partial charge in [-0.05, 0) is 35.2 Å². The minimum Gasteiger partial charge on any atom is -0.311 e. The monoisotopic (exact) mass is 477 g/mol. The van der Waals surface area contributed by atoms with Crippen LogP contribution in [0.5, 0.6) is 0 Å². The molecule has 0 aliphatic rings. The zero-order chi connectivity index (χ0) is 24.7. The topological polar surface area (TPSA) is 74.8 Å². The van der Waals surface area contributed by atoms with E-state index in [9.17, 15) is 9.18 Å². The van der Waals surface area contributed by atoms with Crippen LogP contribution in [-0.4, -0.2) is 33.0 Å². The Morgan fingerprint density at radius 2 is 1.85 bits per heavy atom. The molecule has 0 radical (unpaired) electrons. The van der Waals surface area contributed by atoms with Gasteiger partial charge in [0.15, 0.2) is 11.0 Å². The van der Waals surface area contributed by atoms with E-state index in [0.29, 0.717) is 23.2 Å². The molecular weight excluding hydrogens is 449 g/mol. The lowest BCUT2D eigenvalue weighted by atomic mass is 9.87. The van der Waals surface area contributed by atoms with Crippen molar-refractivity contribution < 1.29 is 9.18 Å². The molecule has 0 fully saturated rings. The largest absolute Gasteiger partial charge is 0.311 e. The molecule has 2 aromatic carbocycles. The summed E-state index contributed by atoms with van der Waals surface area (Å²) in [6.45, 7) is 11.1. The molecule has 6 nitrogen and oxygen atoms in total. The molecule has 0 bridgehead atoms. The van der Waals surface area contributed by atoms with Crippen LogP contribution in [0, 0.1) is 17.1 Å². The molecule has 0 atom stereocenters. The molecule has 1 heterocycles. The normalized spacial score (nSPS) is 11.1. The Morgan fingerprint density at radius 3 is 2.44 bits per heavy atom. The summed E-state index contributed by atoms with van der Waals surface area (Å²) in [5.74, 6) is 0.221. The highest BCUT2D eigenvalue weighted by Crippen LogP contribution is 2.28. The first kappa shape index (κ1) is 25.2. The molecule has 3 aromatic rings. The van der Waals surface area contributed by atoms with E-state index in [-0.39, 0.29) is 35.9 Å². The van der Waals surface area contributed by atoms with E-state index in [1.165, 1.54) is 46.5 Å². The van der Waals surface area contributed by atoms with E-state index in [4.69, 9.17) is 5.26 Å². The number of anilines is 1. The minimum absolute atomic E-state index is 0.0522. The number of rotatable bonds is 9. The molecule has 0 spiro atoms. The van der Waals surface area contributed by atoms with Crippen molar-refractivity contribution >= 4 is 23.4 Å². The lowest BCUT2D eigenvalue weighted by Gasteiger charge is -2.21. The number of carbonyl (C=O) groups is 1. The van der Waals surface area contributed by atoms with Gasteiger partial charge in [0.1, 0.15) is 5.82 Å². The molecular formula is C26H28FN5OS. The van der Waals surface area contributed by atoms with Crippen molar-refractivity contribution in [1.82, 2.24) is 14.8 Å². The number of carbonyl (C=O) groups excluding carboxylic acids is 1. The molecule has 0 aliphatic carbocycles. The number of nitriles is 1. The molecule has 176 valence electrons. The van der Waals surface area contributed by atoms with Gasteiger partial charge in [-0.2, -0.15) is 5.26 Å². The van der Waals surface area contributed by atoms with Gasteiger partial charge < -0.3 is 4.90 Å². The fraction of sp³-hybridized carbons (Fsp3) is 0.308. The summed E-state index contributed by atoms with van der Waals surface area (Å²) < 4.78 is 15.3. The van der Waals surface area contributed by atoms with Crippen LogP contribution in [0.2, 0.25) is 0 Å². The Kier molecular flexibility index (Phi) is 8.24. The summed E-state index contributed by atoms with van der Waals surface area (Å²) in [5, 5.41) is 18.3. The highest BCUT2D eigenvalue weighted by molar-refractivity contribution is 7.99. The average Bonchev–Trinajstić information content (AvgIpc) is 3.21. The summed E-state index contributed by atoms with van der Waals surface area (Å²) in [6, 6.07) is 16.0. The number of halogens is 1. The predicted molar refractivity (Wildman–Crippen MR) is 134 cm³/mol. The number of amides is 1. The van der Waals surface area contributed by atoms with E-state index in [0.717, 1.165) is 5.56 Å². The van der Waals surface area contributed by atoms with E-state index >= 15 is 0 Å². The first-order valence-electron chi connectivity index (χ1n) is 10.9. The van der Waals surface area contributed by atoms with Crippen LogP contribution in [0.25, 0.3) is 11.4 Å². The number of benzene rings is 2. The van der Waals surface area contributed by atoms with Gasteiger partial charge in [-0.1, -0.05) is 62.9 Å². The molecule has 0 unspecified atom stereocenters. The molecule has 0 saturated carbocycles. The smallest absolute Gasteiger partial charge is 0.237 e. The van der Waals surface area contributed by atoms with Crippen molar-refractivity contribution in [3.8, 4) is 17.5 Å². The quantitative estimate of drug-likeness (QED) is 0.296. The van der Waals surface area contributed by atoms with Crippen molar-refractivity contribution in [2.24, 2.45) is 0 Å². The van der Waals surface area contributed by atoms with Gasteiger partial charge in [-0.15, -0.1) is 16.8 Å². The maximum atomic E-state index is 13.3. The van der Waals surface area contributed by atoms with Crippen LogP contribution in [0.15, 0.2) is 66.3 Å². The SMILES string of the molecule is C=CCn1c(SCC(=O)N(CCC#N)c2ccc(F)cc2)nnc1-c1ccc(C(C)(C)C)cc1. The van der Waals surface area contributed by atoms with Crippen LogP contribution in [0.3, 0.4) is 0 Å². The van der Waals surface area contributed by atoms with Crippen LogP contribution in [0.4, 0.5) is 10.1 Å². The molecule has 1 amide bonds. The second-order valence-electron chi connectivity index (χ2n) is 8.75. The zero-order valence-corrected chi connectivity index (χ0v) is 20.5. The number of thioether (sulfide) groups is 1. The second kappa shape index (κ2) is 11.1. The summed E-state index contributed by atoms with van der Waals surface area (Å²) >= 11 is 1.27. The van der Waals surface area contributed by atoms with Gasteiger partial charge >= 0.3 is 0 Å². The zero-order valence-electron chi connectivity index (χ0n) is 19.7. The Balaban J connectivity index is 1.80. The van der Waals surface area contributed by atoms with Crippen molar-refractivity contribution in [2.75, 3.05) is 17.2 Å². The van der Waals surface area contributed by atoms with Gasteiger partial charge in [0.25, 0.3) is 0 Å². The second-order valence-corrected chi connectivity index (χ2v) is 9.69. The first-order valence-corrected chi connectivity index (χ1v) is 11.9. The number of allylic oxidation sites excluding steroid dienone is 1. The lowest BCUT2D eigenvalue weighted by Crippen LogP contribution is -2.33. The van der Waals surface area contributed by atoms with Gasteiger partial charge in [0.2, 0.25) is 5.91 Å². The first-order chi connectivity index (χ1) is 16.2. The molecule has 0 saturated heterocycles. The van der Waals surface area contributed by atoms with Crippen LogP contribution < -0.4 is 4.90 Å². The molecule has 34 heavy (non-hydrogen) atoms. The maximum absolute atomic E-state index is 13.3. The average molecular weight is 478 g/mol. The van der Waals surface area contributed by atoms with E-state index in [2.05, 4.69) is 55.7 Å². The molecule has 0 N–H and O–H groups in total. The fourth-order valence-corrected chi connectivity index (χ4v) is 4.23. The Morgan fingerprint density at radius 1 is 1.18 bits per heavy atom. The molecule has 8 heteroatoms. The molecule has 0 aliphatic heterocycles. The van der Waals surface area contributed by atoms with Gasteiger partial charge in [0.05, 0.1) is 18.2 Å². The summed E-state index contributed by atoms with van der Waals surface area (Å²) in [6.07, 6.45) is 1.94. The maximum Gasteiger partial charge on any atom is 0.237 e. The summed E-state index contributed by atoms with van der Waals surface area (Å²) in [4.78, 5) is 14.5. The van der Waals surface area contributed by atoms with Gasteiger partial charge in [-0.3, -0.25) is 9.36 Å². The van der Waals surface area contributed by atoms with E-state index in [1.807, 2.05) is 16.7 Å². The van der Waals surface area contributed by atoms with Crippen LogP contribution in [-0.2, 0) is 16.8 Å². The molecule has 3 rings (SSSR count). The van der Waals surface area contributed by atoms with Crippen molar-refractivity contribution in [2.45, 2.75) is 44.3 Å². The highest BCUT2D eigenvalue weighted by atomic mass is 32.2. The Hall–Kier alpha value is -3.44. The Labute approximate surface area is 204 Å². The third kappa shape index (κ3) is 6.12. The molecule has 1 aromatic heterocycles. The third-order valence-corrected chi connectivity index (χ3v) is 6.20. The number of hydrogen-bond donors (Lipinski definition) is 0. The van der Waals surface area contributed by atoms with Crippen LogP contribution in [0.1, 0.15) is 32.8 Å². The lowest BCUT2D eigenvalue weighted by molar-refractivity contribution is -0.116. The predicted octanol–water partition coefficient (Wildman–Crippen LogP) is 5.61. The summed E-state index contributed by atoms with van der Waals surface area (Å²) in [7, 11) is 0. The van der Waals surface area contributed by atoms with Gasteiger partial charge in [0, 0.05) is 24.3 Å². The summed E-state index contributed by atoms with van der Waals surface area (Å²) in [5.41, 5.74) is 2.76. The highest BCUT2D eigenvalue weighted by Gasteiger charge is 2.20. The standard InChI is InChI=1S/C26H28FN5OS/c1-5-16-32-24(19-7-9-20(10-8-19)26(2,3)4)29-30-25(32)34-18-23(33)31(17-6-15-28)22-13-11-21(27)12-14-22/h5,7-14H,1,6,16-18H2,2-4H3. The fourth-order valence-electron chi connectivity index (χ4n) is 3.41. The number of hydrogen-bond acceptors (Lipinski definition) is 5. The third-order valence-electron chi connectivity index (χ3n) is 5.25. The van der Waals surface area contributed by atoms with Crippen molar-refractivity contribution in [1.29, 1.82) is 5.26 Å². The number of nitrogens with zero attached hydrogens (tertiary/aromatic N) is 5. The Bertz CT molecular complexity index is 1170. The van der Waals surface area contributed by atoms with E-state index < -0.39 is 0 Å². The number of aromatic nitrogens is 3. The van der Waals surface area contributed by atoms with Crippen molar-refractivity contribution in [3.63, 3.8) is 0 Å². The van der Waals surface area contributed by atoms with E-state index in [1.54, 1.807) is 6.08 Å². The van der Waals surface area contributed by atoms with Gasteiger partial charge in [-0.25, -0.2) is 4.39 Å².